The number of para-hydroxylation sites is 1. The number of halogens is 2. The quantitative estimate of drug-likeness (QED) is 0.128. The van der Waals surface area contributed by atoms with E-state index in [1.807, 2.05) is 164 Å². The molecule has 0 aliphatic heterocycles. The number of benzene rings is 10. The minimum absolute atomic E-state index is 0.261. The Morgan fingerprint density at radius 2 is 0.690 bits per heavy atom. The molecule has 84 heavy (non-hydrogen) atoms. The van der Waals surface area contributed by atoms with Crippen molar-refractivity contribution in [2.24, 2.45) is 0 Å². The third-order valence-electron chi connectivity index (χ3n) is 15.9. The van der Waals surface area contributed by atoms with E-state index in [1.165, 1.54) is 12.1 Å². The molecule has 0 aliphatic rings. The molecule has 0 aliphatic carbocycles. The monoisotopic (exact) mass is 1080 g/mol. The summed E-state index contributed by atoms with van der Waals surface area (Å²) in [6.45, 7) is 9.59. The Balaban J connectivity index is 1.05. The maximum Gasteiger partial charge on any atom is 0.234 e. The topological polar surface area (TPSA) is 52.9 Å². The summed E-state index contributed by atoms with van der Waals surface area (Å²) in [7, 11) is 0. The van der Waals surface area contributed by atoms with E-state index in [0.717, 1.165) is 128 Å². The van der Waals surface area contributed by atoms with Crippen molar-refractivity contribution >= 4 is 49.3 Å². The van der Waals surface area contributed by atoms with Crippen LogP contribution in [0.25, 0.3) is 150 Å². The normalized spacial score (nSPS) is 11.4. The highest BCUT2D eigenvalue weighted by Crippen LogP contribution is 2.49. The maximum atomic E-state index is 15.9. The Kier molecular flexibility index (Phi) is 12.2. The standard InChI is InChI=1S/C76H46F2N6/c1-79-74-70(83-73-46-54(69-33-17-30-66(82-69)51-24-12-5-13-25-51)36-39-62(73)63-27-14-26-58(75(63)83)48-18-6-2-7-19-48)41-40-59(55-42-56(77)47-57(78)43-55)76(74)84-71-44-52(67-31-15-28-64(80-67)49-20-8-3-9-21-49)34-37-60(71)61-38-35-53(45-72(61)84)68-32-16-29-65(81-68)50-22-10-4-11-23-50/h2-47H. The smallest absolute Gasteiger partial charge is 0.234 e. The first kappa shape index (κ1) is 49.6. The Morgan fingerprint density at radius 1 is 0.298 bits per heavy atom. The highest BCUT2D eigenvalue weighted by molar-refractivity contribution is 6.16. The van der Waals surface area contributed by atoms with Crippen molar-refractivity contribution in [2.45, 2.75) is 0 Å². The van der Waals surface area contributed by atoms with Crippen LogP contribution in [0.3, 0.4) is 0 Å². The van der Waals surface area contributed by atoms with E-state index < -0.39 is 11.6 Å². The fraction of sp³-hybridized carbons (Fsp3) is 0. The summed E-state index contributed by atoms with van der Waals surface area (Å²) in [5, 5.41) is 3.77. The second-order valence-corrected chi connectivity index (χ2v) is 20.9. The van der Waals surface area contributed by atoms with E-state index in [-0.39, 0.29) is 11.3 Å². The van der Waals surface area contributed by atoms with E-state index >= 15 is 8.78 Å². The number of rotatable bonds is 10. The molecule has 394 valence electrons. The van der Waals surface area contributed by atoms with Crippen molar-refractivity contribution in [3.63, 3.8) is 0 Å². The van der Waals surface area contributed by atoms with Gasteiger partial charge >= 0.3 is 0 Å². The van der Waals surface area contributed by atoms with Gasteiger partial charge in [0.15, 0.2) is 0 Å². The summed E-state index contributed by atoms with van der Waals surface area (Å²) < 4.78 is 36.1. The Hall–Kier alpha value is -11.4. The number of pyridine rings is 3. The Bertz CT molecular complexity index is 4940. The molecule has 0 saturated carbocycles. The van der Waals surface area contributed by atoms with Crippen molar-refractivity contribution in [2.75, 3.05) is 0 Å². The van der Waals surface area contributed by atoms with Gasteiger partial charge in [-0.2, -0.15) is 0 Å². The van der Waals surface area contributed by atoms with Gasteiger partial charge in [-0.1, -0.05) is 200 Å². The summed E-state index contributed by atoms with van der Waals surface area (Å²) in [6, 6.07) is 91.5. The minimum atomic E-state index is -0.739. The number of hydrogen-bond donors (Lipinski definition) is 0. The molecule has 10 aromatic carbocycles. The molecule has 0 fully saturated rings. The number of aromatic nitrogens is 5. The van der Waals surface area contributed by atoms with Crippen LogP contribution in [0.1, 0.15) is 0 Å². The molecule has 0 N–H and O–H groups in total. The molecular formula is C76H46F2N6. The summed E-state index contributed by atoms with van der Waals surface area (Å²) in [4.78, 5) is 20.2. The average Bonchev–Trinajstić information content (AvgIpc) is 1.69. The van der Waals surface area contributed by atoms with Crippen molar-refractivity contribution in [1.82, 2.24) is 24.1 Å². The van der Waals surface area contributed by atoms with Crippen LogP contribution in [0.5, 0.6) is 0 Å². The first-order valence-corrected chi connectivity index (χ1v) is 27.7. The summed E-state index contributed by atoms with van der Waals surface area (Å²) in [5.74, 6) is -1.48. The summed E-state index contributed by atoms with van der Waals surface area (Å²) in [5.41, 5.74) is 17.6. The van der Waals surface area contributed by atoms with Gasteiger partial charge in [0.25, 0.3) is 0 Å². The van der Waals surface area contributed by atoms with E-state index in [4.69, 9.17) is 15.0 Å². The summed E-state index contributed by atoms with van der Waals surface area (Å²) >= 11 is 0. The fourth-order valence-electron chi connectivity index (χ4n) is 12.0. The fourth-order valence-corrected chi connectivity index (χ4v) is 12.0. The minimum Gasteiger partial charge on any atom is -0.318 e. The van der Waals surface area contributed by atoms with Crippen LogP contribution < -0.4 is 0 Å². The van der Waals surface area contributed by atoms with Crippen LogP contribution in [-0.2, 0) is 0 Å². The van der Waals surface area contributed by atoms with Gasteiger partial charge in [0.2, 0.25) is 5.69 Å². The van der Waals surface area contributed by atoms with Crippen molar-refractivity contribution < 1.29 is 8.78 Å². The van der Waals surface area contributed by atoms with Gasteiger partial charge in [0.1, 0.15) is 11.6 Å². The zero-order chi connectivity index (χ0) is 56.3. The van der Waals surface area contributed by atoms with Gasteiger partial charge in [-0.3, -0.25) is 0 Å². The van der Waals surface area contributed by atoms with Gasteiger partial charge in [0.05, 0.1) is 74.2 Å². The SMILES string of the molecule is [C-]#[N+]c1c(-n2c3cc(-c4cccc(-c5ccccc5)n4)ccc3c3cccc(-c4ccccc4)c32)ccc(-c2cc(F)cc(F)c2)c1-n1c2cc(-c3cccc(-c4ccccc4)n3)ccc2c2ccc(-c3cccc(-c4ccccc4)n3)cc21. The lowest BCUT2D eigenvalue weighted by Crippen LogP contribution is -2.03. The van der Waals surface area contributed by atoms with Gasteiger partial charge in [0, 0.05) is 66.6 Å². The molecule has 8 heteroatoms. The molecule has 0 atom stereocenters. The third kappa shape index (κ3) is 8.67. The van der Waals surface area contributed by atoms with Crippen LogP contribution in [-0.4, -0.2) is 24.1 Å². The van der Waals surface area contributed by atoms with Gasteiger partial charge < -0.3 is 9.13 Å². The number of fused-ring (bicyclic) bond motifs is 6. The Morgan fingerprint density at radius 3 is 1.13 bits per heavy atom. The van der Waals surface area contributed by atoms with Crippen molar-refractivity contribution in [3.05, 3.63) is 302 Å². The van der Waals surface area contributed by atoms with Crippen LogP contribution in [0.2, 0.25) is 0 Å². The zero-order valence-electron chi connectivity index (χ0n) is 45.0. The van der Waals surface area contributed by atoms with Gasteiger partial charge in [-0.05, 0) is 89.5 Å². The van der Waals surface area contributed by atoms with Crippen LogP contribution in [0.15, 0.2) is 279 Å². The first-order chi connectivity index (χ1) is 41.4. The predicted octanol–water partition coefficient (Wildman–Crippen LogP) is 20.2. The largest absolute Gasteiger partial charge is 0.318 e. The lowest BCUT2D eigenvalue weighted by Gasteiger charge is -2.21. The molecule has 0 bridgehead atoms. The molecule has 5 heterocycles. The number of hydrogen-bond acceptors (Lipinski definition) is 3. The maximum absolute atomic E-state index is 15.9. The average molecular weight is 1080 g/mol. The molecule has 6 nitrogen and oxygen atoms in total. The van der Waals surface area contributed by atoms with Crippen LogP contribution in [0, 0.1) is 18.2 Å². The van der Waals surface area contributed by atoms with Crippen molar-refractivity contribution in [1.29, 1.82) is 0 Å². The molecular weight excluding hydrogens is 1030 g/mol. The highest BCUT2D eigenvalue weighted by atomic mass is 19.1. The molecule has 0 radical (unpaired) electrons. The summed E-state index contributed by atoms with van der Waals surface area (Å²) in [6.07, 6.45) is 0. The molecule has 0 saturated heterocycles. The van der Waals surface area contributed by atoms with Gasteiger partial charge in [-0.15, -0.1) is 0 Å². The lowest BCUT2D eigenvalue weighted by molar-refractivity contribution is 0.584. The first-order valence-electron chi connectivity index (χ1n) is 27.7. The van der Waals surface area contributed by atoms with E-state index in [9.17, 15) is 6.57 Å². The zero-order valence-corrected chi connectivity index (χ0v) is 45.0. The van der Waals surface area contributed by atoms with Gasteiger partial charge in [-0.25, -0.2) is 28.6 Å². The Labute approximate surface area is 483 Å². The molecule has 0 unspecified atom stereocenters. The second-order valence-electron chi connectivity index (χ2n) is 20.9. The molecule has 15 rings (SSSR count). The van der Waals surface area contributed by atoms with E-state index in [2.05, 4.69) is 111 Å². The third-order valence-corrected chi connectivity index (χ3v) is 15.9. The molecule has 5 aromatic heterocycles. The van der Waals surface area contributed by atoms with E-state index in [1.54, 1.807) is 0 Å². The lowest BCUT2D eigenvalue weighted by atomic mass is 9.99. The molecule has 15 aromatic rings. The second kappa shape index (κ2) is 20.6. The van der Waals surface area contributed by atoms with Crippen LogP contribution in [0.4, 0.5) is 14.5 Å². The molecule has 0 spiro atoms. The van der Waals surface area contributed by atoms with Crippen LogP contribution >= 0.6 is 0 Å². The predicted molar refractivity (Wildman–Crippen MR) is 338 cm³/mol. The van der Waals surface area contributed by atoms with Crippen molar-refractivity contribution in [3.8, 4) is 101 Å². The highest BCUT2D eigenvalue weighted by Gasteiger charge is 2.27. The number of nitrogens with zero attached hydrogens (tertiary/aromatic N) is 6. The molecule has 0 amide bonds. The van der Waals surface area contributed by atoms with E-state index in [0.29, 0.717) is 16.9 Å².